The molecule has 0 spiro atoms. The second-order valence-corrected chi connectivity index (χ2v) is 3.25. The van der Waals surface area contributed by atoms with Crippen molar-refractivity contribution in [3.63, 3.8) is 0 Å². The quantitative estimate of drug-likeness (QED) is 0.592. The molecule has 0 bridgehead atoms. The molecule has 4 N–H and O–H groups in total. The molecule has 0 saturated carbocycles. The third-order valence-electron chi connectivity index (χ3n) is 1.02. The summed E-state index contributed by atoms with van der Waals surface area (Å²) in [5.41, 5.74) is 0. The molecule has 0 unspecified atom stereocenters. The van der Waals surface area contributed by atoms with Gasteiger partial charge in [-0.2, -0.15) is 0 Å². The van der Waals surface area contributed by atoms with E-state index < -0.39 is 0 Å². The normalized spacial score (nSPS) is 7.41. The van der Waals surface area contributed by atoms with Gasteiger partial charge in [0, 0.05) is 48.1 Å². The van der Waals surface area contributed by atoms with Gasteiger partial charge in [0.2, 0.25) is 0 Å². The fourth-order valence-corrected chi connectivity index (χ4v) is 0.316. The van der Waals surface area contributed by atoms with Crippen molar-refractivity contribution >= 4 is 0 Å². The van der Waals surface area contributed by atoms with E-state index >= 15 is 0 Å². The average Bonchev–Trinajstić information content (AvgIpc) is 2.23. The molecular weight excluding hydrogens is 256 g/mol. The standard InChI is InChI=1S/2C4H10O.C3H8O.CH4O.Ti/c2*1-2-3-4-5;1-3(2)4;1-2;/h2*5H,2-4H2,1H3;3-4H,1-2H3;2H,1H3;. The number of rotatable bonds is 4. The van der Waals surface area contributed by atoms with Crippen LogP contribution in [0.2, 0.25) is 0 Å². The number of hydrogen-bond donors (Lipinski definition) is 4. The van der Waals surface area contributed by atoms with E-state index in [-0.39, 0.29) is 27.8 Å². The first-order valence-electron chi connectivity index (χ1n) is 5.91. The van der Waals surface area contributed by atoms with Crippen molar-refractivity contribution in [1.29, 1.82) is 0 Å². The van der Waals surface area contributed by atoms with Gasteiger partial charge in [-0.05, 0) is 26.7 Å². The van der Waals surface area contributed by atoms with Crippen LogP contribution in [-0.2, 0) is 21.7 Å². The Morgan fingerprint density at radius 3 is 1.00 bits per heavy atom. The predicted octanol–water partition coefficient (Wildman–Crippen LogP) is 1.55. The Hall–Kier alpha value is 0.554. The zero-order chi connectivity index (χ0) is 13.8. The van der Waals surface area contributed by atoms with E-state index in [4.69, 9.17) is 20.4 Å². The first-order chi connectivity index (χ1) is 7.56. The summed E-state index contributed by atoms with van der Waals surface area (Å²) in [5.74, 6) is 0. The topological polar surface area (TPSA) is 80.9 Å². The Bertz CT molecular complexity index is 60.8. The zero-order valence-electron chi connectivity index (χ0n) is 12.1. The van der Waals surface area contributed by atoms with Gasteiger partial charge in [0.15, 0.2) is 0 Å². The summed E-state index contributed by atoms with van der Waals surface area (Å²) < 4.78 is 0. The maximum atomic E-state index is 8.07. The molecule has 0 aliphatic rings. The third-order valence-corrected chi connectivity index (χ3v) is 1.02. The Kier molecular flexibility index (Phi) is 78.8. The fraction of sp³-hybridized carbons (Fsp3) is 1.00. The molecular formula is C12H32O4Ti. The van der Waals surface area contributed by atoms with E-state index in [0.717, 1.165) is 32.8 Å². The minimum Gasteiger partial charge on any atom is -0.400 e. The molecule has 0 aromatic rings. The van der Waals surface area contributed by atoms with Crippen LogP contribution in [0, 0.1) is 0 Å². The summed E-state index contributed by atoms with van der Waals surface area (Å²) in [6.45, 7) is 8.24. The van der Waals surface area contributed by atoms with Crippen LogP contribution < -0.4 is 0 Å². The molecule has 0 aromatic heterocycles. The van der Waals surface area contributed by atoms with E-state index in [9.17, 15) is 0 Å². The van der Waals surface area contributed by atoms with E-state index in [1.165, 1.54) is 0 Å². The summed E-state index contributed by atoms with van der Waals surface area (Å²) >= 11 is 0. The van der Waals surface area contributed by atoms with E-state index in [1.807, 2.05) is 0 Å². The van der Waals surface area contributed by atoms with E-state index in [2.05, 4.69) is 13.8 Å². The van der Waals surface area contributed by atoms with Crippen molar-refractivity contribution in [1.82, 2.24) is 0 Å². The van der Waals surface area contributed by atoms with Gasteiger partial charge in [0.1, 0.15) is 0 Å². The largest absolute Gasteiger partial charge is 0.400 e. The van der Waals surface area contributed by atoms with E-state index in [1.54, 1.807) is 13.8 Å². The molecule has 17 heavy (non-hydrogen) atoms. The van der Waals surface area contributed by atoms with Crippen molar-refractivity contribution < 1.29 is 42.1 Å². The van der Waals surface area contributed by atoms with Crippen molar-refractivity contribution in [2.75, 3.05) is 20.3 Å². The maximum Gasteiger partial charge on any atom is 0.0483 e. The number of aliphatic hydroxyl groups excluding tert-OH is 4. The summed E-state index contributed by atoms with van der Waals surface area (Å²) in [6, 6.07) is 0. The maximum absolute atomic E-state index is 8.07. The number of unbranched alkanes of at least 4 members (excludes halogenated alkanes) is 2. The zero-order valence-corrected chi connectivity index (χ0v) is 13.7. The molecule has 0 fully saturated rings. The Balaban J connectivity index is -0.0000000386. The minimum atomic E-state index is -0.167. The molecule has 0 atom stereocenters. The van der Waals surface area contributed by atoms with Gasteiger partial charge in [-0.3, -0.25) is 0 Å². The molecule has 0 aliphatic heterocycles. The molecule has 0 aromatic carbocycles. The van der Waals surface area contributed by atoms with Gasteiger partial charge in [-0.25, -0.2) is 0 Å². The van der Waals surface area contributed by atoms with Crippen molar-refractivity contribution in [2.45, 2.75) is 59.5 Å². The van der Waals surface area contributed by atoms with Crippen molar-refractivity contribution in [3.8, 4) is 0 Å². The Labute approximate surface area is 122 Å². The van der Waals surface area contributed by atoms with Crippen LogP contribution in [0.3, 0.4) is 0 Å². The molecule has 0 aliphatic carbocycles. The molecule has 5 heteroatoms. The number of aliphatic hydroxyl groups is 4. The molecule has 0 amide bonds. The van der Waals surface area contributed by atoms with Crippen LogP contribution in [0.4, 0.5) is 0 Å². The average molecular weight is 288 g/mol. The first kappa shape index (κ1) is 30.5. The van der Waals surface area contributed by atoms with Crippen LogP contribution in [0.5, 0.6) is 0 Å². The second-order valence-electron chi connectivity index (χ2n) is 3.25. The van der Waals surface area contributed by atoms with Crippen LogP contribution in [0.1, 0.15) is 53.4 Å². The number of hydrogen-bond acceptors (Lipinski definition) is 4. The molecule has 0 radical (unpaired) electrons. The van der Waals surface area contributed by atoms with Gasteiger partial charge < -0.3 is 20.4 Å². The van der Waals surface area contributed by atoms with Gasteiger partial charge >= 0.3 is 0 Å². The Morgan fingerprint density at radius 2 is 1.00 bits per heavy atom. The van der Waals surface area contributed by atoms with Crippen LogP contribution in [0.25, 0.3) is 0 Å². The van der Waals surface area contributed by atoms with Gasteiger partial charge in [-0.15, -0.1) is 0 Å². The molecule has 0 saturated heterocycles. The van der Waals surface area contributed by atoms with Gasteiger partial charge in [0.05, 0.1) is 0 Å². The van der Waals surface area contributed by atoms with Gasteiger partial charge in [0.25, 0.3) is 0 Å². The second kappa shape index (κ2) is 43.9. The predicted molar refractivity (Wildman–Crippen MR) is 69.5 cm³/mol. The fourth-order valence-electron chi connectivity index (χ4n) is 0.316. The first-order valence-corrected chi connectivity index (χ1v) is 5.91. The smallest absolute Gasteiger partial charge is 0.0483 e. The summed E-state index contributed by atoms with van der Waals surface area (Å²) in [5, 5.41) is 31.2. The van der Waals surface area contributed by atoms with Crippen LogP contribution in [0.15, 0.2) is 0 Å². The summed E-state index contributed by atoms with van der Waals surface area (Å²) in [4.78, 5) is 0. The summed E-state index contributed by atoms with van der Waals surface area (Å²) in [7, 11) is 1.00. The third kappa shape index (κ3) is 169. The summed E-state index contributed by atoms with van der Waals surface area (Å²) in [6.07, 6.45) is 3.91. The molecule has 4 nitrogen and oxygen atoms in total. The molecule has 108 valence electrons. The molecule has 0 heterocycles. The van der Waals surface area contributed by atoms with E-state index in [0.29, 0.717) is 13.2 Å². The molecule has 0 rings (SSSR count). The SMILES string of the molecule is CC(C)O.CCCCO.CCCCO.CO.[Ti]. The van der Waals surface area contributed by atoms with Crippen LogP contribution in [-0.4, -0.2) is 46.9 Å². The van der Waals surface area contributed by atoms with Crippen molar-refractivity contribution in [3.05, 3.63) is 0 Å². The Morgan fingerprint density at radius 1 is 0.824 bits per heavy atom. The van der Waals surface area contributed by atoms with Crippen molar-refractivity contribution in [2.24, 2.45) is 0 Å². The monoisotopic (exact) mass is 288 g/mol. The van der Waals surface area contributed by atoms with Gasteiger partial charge in [-0.1, -0.05) is 26.7 Å². The minimum absolute atomic E-state index is 0. The van der Waals surface area contributed by atoms with Crippen LogP contribution >= 0.6 is 0 Å².